The number of Topliss-reactive ketones (excluding diaryl/α,β-unsaturated/α-hetero) is 1. The monoisotopic (exact) mass is 231 g/mol. The van der Waals surface area contributed by atoms with Crippen molar-refractivity contribution >= 4 is 5.78 Å². The van der Waals surface area contributed by atoms with Crippen molar-refractivity contribution in [1.82, 2.24) is 4.90 Å². The van der Waals surface area contributed by atoms with Gasteiger partial charge in [0.05, 0.1) is 6.04 Å². The number of carbonyl (C=O) groups excluding carboxylic acids is 1. The Labute approximate surface area is 104 Å². The molecule has 0 N–H and O–H groups in total. The lowest BCUT2D eigenvalue weighted by Crippen LogP contribution is -2.39. The van der Waals surface area contributed by atoms with Crippen LogP contribution in [0.5, 0.6) is 0 Å². The van der Waals surface area contributed by atoms with Crippen molar-refractivity contribution in [2.24, 2.45) is 0 Å². The Hall–Kier alpha value is -1.15. The van der Waals surface area contributed by atoms with E-state index in [0.717, 1.165) is 18.7 Å². The zero-order valence-corrected chi connectivity index (χ0v) is 10.6. The fourth-order valence-corrected chi connectivity index (χ4v) is 2.49. The number of likely N-dealkylation sites (tertiary alicyclic amines) is 1. The first-order valence-electron chi connectivity index (χ1n) is 6.62. The van der Waals surface area contributed by atoms with Crippen LogP contribution in [0.15, 0.2) is 30.3 Å². The van der Waals surface area contributed by atoms with E-state index < -0.39 is 0 Å². The Morgan fingerprint density at radius 2 is 1.65 bits per heavy atom. The second-order valence-electron chi connectivity index (χ2n) is 4.86. The van der Waals surface area contributed by atoms with Crippen LogP contribution in [-0.4, -0.2) is 29.8 Å². The van der Waals surface area contributed by atoms with Gasteiger partial charge in [-0.05, 0) is 32.9 Å². The Balaban J connectivity index is 2.03. The molecule has 1 atom stereocenters. The quantitative estimate of drug-likeness (QED) is 0.745. The molecule has 17 heavy (non-hydrogen) atoms. The van der Waals surface area contributed by atoms with E-state index in [1.54, 1.807) is 0 Å². The third kappa shape index (κ3) is 3.16. The molecule has 1 unspecified atom stereocenters. The molecular formula is C15H21NO. The van der Waals surface area contributed by atoms with Gasteiger partial charge in [-0.25, -0.2) is 0 Å². The maximum Gasteiger partial charge on any atom is 0.179 e. The van der Waals surface area contributed by atoms with Gasteiger partial charge in [0.1, 0.15) is 0 Å². The summed E-state index contributed by atoms with van der Waals surface area (Å²) >= 11 is 0. The minimum Gasteiger partial charge on any atom is -0.294 e. The number of rotatable bonds is 3. The summed E-state index contributed by atoms with van der Waals surface area (Å²) in [6.07, 6.45) is 5.07. The maximum atomic E-state index is 12.3. The highest BCUT2D eigenvalue weighted by molar-refractivity contribution is 5.99. The van der Waals surface area contributed by atoms with Gasteiger partial charge in [0.2, 0.25) is 0 Å². The number of hydrogen-bond acceptors (Lipinski definition) is 2. The van der Waals surface area contributed by atoms with Crippen molar-refractivity contribution in [2.45, 2.75) is 38.6 Å². The van der Waals surface area contributed by atoms with E-state index in [0.29, 0.717) is 0 Å². The van der Waals surface area contributed by atoms with Gasteiger partial charge in [-0.3, -0.25) is 9.69 Å². The van der Waals surface area contributed by atoms with Crippen molar-refractivity contribution < 1.29 is 4.79 Å². The fourth-order valence-electron chi connectivity index (χ4n) is 2.49. The van der Waals surface area contributed by atoms with E-state index in [4.69, 9.17) is 0 Å². The summed E-state index contributed by atoms with van der Waals surface area (Å²) in [7, 11) is 0. The first-order chi connectivity index (χ1) is 8.29. The van der Waals surface area contributed by atoms with Crippen LogP contribution in [0, 0.1) is 0 Å². The molecule has 0 aliphatic carbocycles. The SMILES string of the molecule is CC(C(=O)c1ccccc1)N1CCCCCC1. The summed E-state index contributed by atoms with van der Waals surface area (Å²) in [4.78, 5) is 14.7. The van der Waals surface area contributed by atoms with Gasteiger partial charge in [0.25, 0.3) is 0 Å². The lowest BCUT2D eigenvalue weighted by molar-refractivity contribution is 0.0843. The van der Waals surface area contributed by atoms with Crippen LogP contribution in [0.4, 0.5) is 0 Å². The molecule has 0 saturated carbocycles. The molecule has 2 nitrogen and oxygen atoms in total. The third-order valence-electron chi connectivity index (χ3n) is 3.63. The van der Waals surface area contributed by atoms with Gasteiger partial charge in [-0.2, -0.15) is 0 Å². The van der Waals surface area contributed by atoms with Crippen LogP contribution in [-0.2, 0) is 0 Å². The highest BCUT2D eigenvalue weighted by Gasteiger charge is 2.22. The summed E-state index contributed by atoms with van der Waals surface area (Å²) in [5.41, 5.74) is 0.837. The van der Waals surface area contributed by atoms with E-state index in [-0.39, 0.29) is 11.8 Å². The summed E-state index contributed by atoms with van der Waals surface area (Å²) in [5, 5.41) is 0. The van der Waals surface area contributed by atoms with E-state index >= 15 is 0 Å². The summed E-state index contributed by atoms with van der Waals surface area (Å²) in [6.45, 7) is 4.18. The minimum atomic E-state index is 0.0236. The zero-order chi connectivity index (χ0) is 12.1. The van der Waals surface area contributed by atoms with Crippen LogP contribution < -0.4 is 0 Å². The Morgan fingerprint density at radius 1 is 1.06 bits per heavy atom. The molecule has 0 spiro atoms. The Bertz CT molecular complexity index is 352. The van der Waals surface area contributed by atoms with Crippen molar-refractivity contribution in [3.63, 3.8) is 0 Å². The van der Waals surface area contributed by atoms with E-state index in [9.17, 15) is 4.79 Å². The van der Waals surface area contributed by atoms with Crippen molar-refractivity contribution in [3.05, 3.63) is 35.9 Å². The van der Waals surface area contributed by atoms with Crippen molar-refractivity contribution in [3.8, 4) is 0 Å². The predicted molar refractivity (Wildman–Crippen MR) is 70.3 cm³/mol. The molecule has 1 aliphatic rings. The zero-order valence-electron chi connectivity index (χ0n) is 10.6. The average Bonchev–Trinajstić information content (AvgIpc) is 2.67. The molecule has 2 heteroatoms. The molecule has 1 aromatic rings. The Morgan fingerprint density at radius 3 is 2.24 bits per heavy atom. The van der Waals surface area contributed by atoms with Gasteiger partial charge in [-0.15, -0.1) is 0 Å². The summed E-state index contributed by atoms with van der Waals surface area (Å²) < 4.78 is 0. The number of hydrogen-bond donors (Lipinski definition) is 0. The molecule has 1 aliphatic heterocycles. The van der Waals surface area contributed by atoms with Crippen LogP contribution in [0.25, 0.3) is 0 Å². The lowest BCUT2D eigenvalue weighted by Gasteiger charge is -2.26. The molecular weight excluding hydrogens is 210 g/mol. The van der Waals surface area contributed by atoms with Gasteiger partial charge in [0, 0.05) is 5.56 Å². The van der Waals surface area contributed by atoms with E-state index in [1.165, 1.54) is 25.7 Å². The standard InChI is InChI=1S/C15H21NO/c1-13(16-11-7-2-3-8-12-16)15(17)14-9-5-4-6-10-14/h4-6,9-10,13H,2-3,7-8,11-12H2,1H3. The van der Waals surface area contributed by atoms with Crippen LogP contribution in [0.2, 0.25) is 0 Å². The lowest BCUT2D eigenvalue weighted by atomic mass is 10.0. The number of nitrogens with zero attached hydrogens (tertiary/aromatic N) is 1. The molecule has 0 amide bonds. The minimum absolute atomic E-state index is 0.0236. The number of ketones is 1. The smallest absolute Gasteiger partial charge is 0.179 e. The van der Waals surface area contributed by atoms with E-state index in [2.05, 4.69) is 4.90 Å². The van der Waals surface area contributed by atoms with Crippen molar-refractivity contribution in [1.29, 1.82) is 0 Å². The second-order valence-corrected chi connectivity index (χ2v) is 4.86. The molecule has 0 radical (unpaired) electrons. The van der Waals surface area contributed by atoms with Crippen LogP contribution in [0.3, 0.4) is 0 Å². The topological polar surface area (TPSA) is 20.3 Å². The first kappa shape index (κ1) is 12.3. The van der Waals surface area contributed by atoms with Crippen LogP contribution >= 0.6 is 0 Å². The molecule has 92 valence electrons. The van der Waals surface area contributed by atoms with Gasteiger partial charge in [0.15, 0.2) is 5.78 Å². The number of benzene rings is 1. The largest absolute Gasteiger partial charge is 0.294 e. The normalized spacial score (nSPS) is 19.6. The van der Waals surface area contributed by atoms with E-state index in [1.807, 2.05) is 37.3 Å². The molecule has 0 aromatic heterocycles. The molecule has 2 rings (SSSR count). The molecule has 1 saturated heterocycles. The highest BCUT2D eigenvalue weighted by atomic mass is 16.1. The molecule has 1 heterocycles. The molecule has 0 bridgehead atoms. The highest BCUT2D eigenvalue weighted by Crippen LogP contribution is 2.15. The summed E-state index contributed by atoms with van der Waals surface area (Å²) in [5.74, 6) is 0.257. The van der Waals surface area contributed by atoms with Gasteiger partial charge >= 0.3 is 0 Å². The number of carbonyl (C=O) groups is 1. The first-order valence-corrected chi connectivity index (χ1v) is 6.62. The van der Waals surface area contributed by atoms with Gasteiger partial charge < -0.3 is 0 Å². The average molecular weight is 231 g/mol. The predicted octanol–water partition coefficient (Wildman–Crippen LogP) is 3.13. The van der Waals surface area contributed by atoms with Gasteiger partial charge in [-0.1, -0.05) is 43.2 Å². The fraction of sp³-hybridized carbons (Fsp3) is 0.533. The Kier molecular flexibility index (Phi) is 4.32. The third-order valence-corrected chi connectivity index (χ3v) is 3.63. The molecule has 1 aromatic carbocycles. The second kappa shape index (κ2) is 5.97. The van der Waals surface area contributed by atoms with Crippen molar-refractivity contribution in [2.75, 3.05) is 13.1 Å². The maximum absolute atomic E-state index is 12.3. The molecule has 1 fully saturated rings. The van der Waals surface area contributed by atoms with Crippen LogP contribution in [0.1, 0.15) is 43.0 Å². The summed E-state index contributed by atoms with van der Waals surface area (Å²) in [6, 6.07) is 9.67.